The first-order valence-electron chi connectivity index (χ1n) is 6.37. The number of carbonyl (C=O) groups is 2. The van der Waals surface area contributed by atoms with E-state index in [1.165, 1.54) is 11.8 Å². The summed E-state index contributed by atoms with van der Waals surface area (Å²) in [4.78, 5) is 23.4. The second-order valence-corrected chi connectivity index (χ2v) is 4.71. The summed E-state index contributed by atoms with van der Waals surface area (Å²) in [5.74, 6) is -0.922. The molecular formula is C12H20N4O4. The molecule has 20 heavy (non-hydrogen) atoms. The number of nitrogens with two attached hydrogens (primary N) is 1. The zero-order chi connectivity index (χ0) is 15.3. The Morgan fingerprint density at radius 2 is 2.05 bits per heavy atom. The summed E-state index contributed by atoms with van der Waals surface area (Å²) < 4.78 is 10.9. The Labute approximate surface area is 117 Å². The number of carbonyl (C=O) groups excluding carboxylic acids is 2. The first kappa shape index (κ1) is 15.9. The normalized spacial score (nSPS) is 12.2. The van der Waals surface area contributed by atoms with Gasteiger partial charge in [-0.25, -0.2) is 14.3 Å². The van der Waals surface area contributed by atoms with Crippen LogP contribution in [0.4, 0.5) is 5.82 Å². The maximum atomic E-state index is 12.0. The largest absolute Gasteiger partial charge is 0.464 e. The van der Waals surface area contributed by atoms with Crippen LogP contribution in [0, 0.1) is 5.92 Å². The molecule has 0 fully saturated rings. The van der Waals surface area contributed by atoms with Gasteiger partial charge < -0.3 is 15.2 Å². The van der Waals surface area contributed by atoms with Crippen molar-refractivity contribution in [2.75, 3.05) is 19.5 Å². The summed E-state index contributed by atoms with van der Waals surface area (Å²) in [5, 5.41) is 7.38. The highest BCUT2D eigenvalue weighted by Gasteiger charge is 2.27. The van der Waals surface area contributed by atoms with Crippen LogP contribution in [0.25, 0.3) is 0 Å². The van der Waals surface area contributed by atoms with Crippen molar-refractivity contribution in [2.45, 2.75) is 33.2 Å². The van der Waals surface area contributed by atoms with Crippen molar-refractivity contribution >= 4 is 17.8 Å². The maximum absolute atomic E-state index is 12.0. The number of hydrogen-bond acceptors (Lipinski definition) is 7. The highest BCUT2D eigenvalue weighted by atomic mass is 16.5. The summed E-state index contributed by atoms with van der Waals surface area (Å²) in [6, 6.07) is -0.709. The molecule has 112 valence electrons. The first-order valence-corrected chi connectivity index (χ1v) is 6.37. The van der Waals surface area contributed by atoms with E-state index in [0.717, 1.165) is 0 Å². The molecule has 0 bridgehead atoms. The van der Waals surface area contributed by atoms with Crippen molar-refractivity contribution < 1.29 is 19.1 Å². The van der Waals surface area contributed by atoms with Gasteiger partial charge >= 0.3 is 11.9 Å². The minimum atomic E-state index is -0.709. The van der Waals surface area contributed by atoms with Crippen LogP contribution in [0.15, 0.2) is 0 Å². The van der Waals surface area contributed by atoms with Crippen LogP contribution in [-0.2, 0) is 14.3 Å². The molecule has 0 aliphatic carbocycles. The third-order valence-electron chi connectivity index (χ3n) is 2.62. The zero-order valence-corrected chi connectivity index (χ0v) is 12.1. The van der Waals surface area contributed by atoms with E-state index in [2.05, 4.69) is 15.0 Å². The third kappa shape index (κ3) is 3.46. The molecule has 0 saturated carbocycles. The number of esters is 2. The van der Waals surface area contributed by atoms with E-state index in [-0.39, 0.29) is 17.4 Å². The van der Waals surface area contributed by atoms with E-state index < -0.39 is 18.0 Å². The summed E-state index contributed by atoms with van der Waals surface area (Å²) in [7, 11) is 1.22. The third-order valence-corrected chi connectivity index (χ3v) is 2.62. The summed E-state index contributed by atoms with van der Waals surface area (Å²) >= 11 is 0. The van der Waals surface area contributed by atoms with Gasteiger partial charge in [-0.15, -0.1) is 5.10 Å². The van der Waals surface area contributed by atoms with E-state index in [9.17, 15) is 9.59 Å². The average Bonchev–Trinajstić information content (AvgIpc) is 2.78. The first-order chi connectivity index (χ1) is 9.42. The van der Waals surface area contributed by atoms with Crippen molar-refractivity contribution in [3.63, 3.8) is 0 Å². The predicted molar refractivity (Wildman–Crippen MR) is 70.9 cm³/mol. The number of rotatable bonds is 6. The Kier molecular flexibility index (Phi) is 5.48. The molecule has 0 spiro atoms. The molecule has 1 unspecified atom stereocenters. The fourth-order valence-electron chi connectivity index (χ4n) is 1.56. The highest BCUT2D eigenvalue weighted by Crippen LogP contribution is 2.19. The van der Waals surface area contributed by atoms with Gasteiger partial charge in [0, 0.05) is 0 Å². The minimum absolute atomic E-state index is 0.00908. The second-order valence-electron chi connectivity index (χ2n) is 4.71. The molecule has 1 aromatic heterocycles. The number of nitrogen functional groups attached to an aromatic ring is 1. The molecule has 0 amide bonds. The van der Waals surface area contributed by atoms with Crippen LogP contribution >= 0.6 is 0 Å². The molecule has 8 nitrogen and oxygen atoms in total. The number of aromatic nitrogens is 3. The summed E-state index contributed by atoms with van der Waals surface area (Å²) in [5.41, 5.74) is 5.67. The molecule has 1 heterocycles. The van der Waals surface area contributed by atoms with Crippen molar-refractivity contribution in [1.29, 1.82) is 0 Å². The topological polar surface area (TPSA) is 109 Å². The number of nitrogens with zero attached hydrogens (tertiary/aromatic N) is 3. The smallest absolute Gasteiger partial charge is 0.362 e. The van der Waals surface area contributed by atoms with Crippen LogP contribution in [0.5, 0.6) is 0 Å². The lowest BCUT2D eigenvalue weighted by molar-refractivity contribution is -0.149. The molecule has 0 radical (unpaired) electrons. The molecule has 1 atom stereocenters. The lowest BCUT2D eigenvalue weighted by Crippen LogP contribution is -2.25. The van der Waals surface area contributed by atoms with E-state index in [1.54, 1.807) is 6.92 Å². The minimum Gasteiger partial charge on any atom is -0.464 e. The average molecular weight is 284 g/mol. The van der Waals surface area contributed by atoms with Gasteiger partial charge in [-0.3, -0.25) is 0 Å². The van der Waals surface area contributed by atoms with E-state index in [1.807, 2.05) is 13.8 Å². The van der Waals surface area contributed by atoms with Gasteiger partial charge in [-0.2, -0.15) is 0 Å². The van der Waals surface area contributed by atoms with Crippen molar-refractivity contribution in [3.05, 3.63) is 5.69 Å². The number of methoxy groups -OCH3 is 1. The van der Waals surface area contributed by atoms with Crippen LogP contribution in [0.2, 0.25) is 0 Å². The molecule has 0 aliphatic rings. The van der Waals surface area contributed by atoms with Gasteiger partial charge in [0.15, 0.2) is 11.9 Å². The molecule has 8 heteroatoms. The highest BCUT2D eigenvalue weighted by molar-refractivity contribution is 5.92. The Hall–Kier alpha value is -2.12. The molecule has 1 aromatic rings. The van der Waals surface area contributed by atoms with E-state index in [0.29, 0.717) is 13.0 Å². The summed E-state index contributed by atoms with van der Waals surface area (Å²) in [6.07, 6.45) is 0.422. The van der Waals surface area contributed by atoms with Gasteiger partial charge in [-0.05, 0) is 12.3 Å². The lowest BCUT2D eigenvalue weighted by atomic mass is 10.2. The van der Waals surface area contributed by atoms with Gasteiger partial charge in [-0.1, -0.05) is 26.0 Å². The Morgan fingerprint density at radius 3 is 2.55 bits per heavy atom. The van der Waals surface area contributed by atoms with Crippen LogP contribution < -0.4 is 5.73 Å². The molecule has 0 aromatic carbocycles. The van der Waals surface area contributed by atoms with Gasteiger partial charge in [0.1, 0.15) is 0 Å². The maximum Gasteiger partial charge on any atom is 0.362 e. The molecule has 2 N–H and O–H groups in total. The lowest BCUT2D eigenvalue weighted by Gasteiger charge is -2.16. The Bertz CT molecular complexity index is 484. The van der Waals surface area contributed by atoms with Gasteiger partial charge in [0.2, 0.25) is 5.69 Å². The molecule has 1 rings (SSSR count). The zero-order valence-electron chi connectivity index (χ0n) is 12.1. The van der Waals surface area contributed by atoms with Gasteiger partial charge in [0.25, 0.3) is 0 Å². The quantitative estimate of drug-likeness (QED) is 0.769. The number of ether oxygens (including phenoxy) is 2. The Balaban J connectivity index is 2.93. The number of hydrogen-bond donors (Lipinski definition) is 1. The standard InChI is InChI=1S/C12H20N4O4/c1-5-8(11(17)20-6-7(2)3)16-10(13)9(14-15-16)12(18)19-4/h7-8H,5-6,13H2,1-4H3. The van der Waals surface area contributed by atoms with Crippen LogP contribution in [-0.4, -0.2) is 40.6 Å². The van der Waals surface area contributed by atoms with E-state index >= 15 is 0 Å². The van der Waals surface area contributed by atoms with Gasteiger partial charge in [0.05, 0.1) is 13.7 Å². The SMILES string of the molecule is CCC(C(=O)OCC(C)C)n1nnc(C(=O)OC)c1N. The predicted octanol–water partition coefficient (Wildman–Crippen LogP) is 0.797. The van der Waals surface area contributed by atoms with E-state index in [4.69, 9.17) is 10.5 Å². The fourth-order valence-corrected chi connectivity index (χ4v) is 1.56. The van der Waals surface area contributed by atoms with Crippen molar-refractivity contribution in [3.8, 4) is 0 Å². The Morgan fingerprint density at radius 1 is 1.40 bits per heavy atom. The number of anilines is 1. The monoisotopic (exact) mass is 284 g/mol. The van der Waals surface area contributed by atoms with Crippen molar-refractivity contribution in [2.24, 2.45) is 5.92 Å². The second kappa shape index (κ2) is 6.88. The van der Waals surface area contributed by atoms with Crippen LogP contribution in [0.1, 0.15) is 43.7 Å². The molecule has 0 saturated heterocycles. The van der Waals surface area contributed by atoms with Crippen molar-refractivity contribution in [1.82, 2.24) is 15.0 Å². The van der Waals surface area contributed by atoms with Crippen LogP contribution in [0.3, 0.4) is 0 Å². The molecule has 0 aliphatic heterocycles. The summed E-state index contributed by atoms with van der Waals surface area (Å²) in [6.45, 7) is 5.98. The fraction of sp³-hybridized carbons (Fsp3) is 0.667. The molecular weight excluding hydrogens is 264 g/mol.